The first-order valence-electron chi connectivity index (χ1n) is 6.47. The monoisotopic (exact) mass is 234 g/mol. The lowest BCUT2D eigenvalue weighted by atomic mass is 9.84. The van der Waals surface area contributed by atoms with Crippen LogP contribution in [0.2, 0.25) is 0 Å². The Labute approximate surface area is 104 Å². The number of ether oxygens (including phenoxy) is 1. The van der Waals surface area contributed by atoms with Crippen molar-refractivity contribution in [1.29, 1.82) is 0 Å². The maximum atomic E-state index is 6.06. The van der Waals surface area contributed by atoms with Crippen molar-refractivity contribution in [3.63, 3.8) is 0 Å². The van der Waals surface area contributed by atoms with Crippen molar-refractivity contribution >= 4 is 0 Å². The Balaban J connectivity index is 2.45. The summed E-state index contributed by atoms with van der Waals surface area (Å²) in [6, 6.07) is 0. The normalized spacial score (nSPS) is 24.8. The lowest BCUT2D eigenvalue weighted by Gasteiger charge is -2.30. The molecular weight excluding hydrogens is 212 g/mol. The predicted octanol–water partition coefficient (Wildman–Crippen LogP) is 3.28. The molecule has 2 atom stereocenters. The topological polar surface area (TPSA) is 35.0 Å². The molecule has 1 aromatic rings. The molecule has 3 heteroatoms. The van der Waals surface area contributed by atoms with Gasteiger partial charge in [-0.2, -0.15) is 0 Å². The van der Waals surface area contributed by atoms with Gasteiger partial charge in [0.25, 0.3) is 0 Å². The molecule has 0 radical (unpaired) electrons. The Hall–Kier alpha value is -0.960. The van der Waals surface area contributed by atoms with Gasteiger partial charge in [0, 0.05) is 11.3 Å². The van der Waals surface area contributed by atoms with Gasteiger partial charge in [0.05, 0.1) is 12.3 Å². The van der Waals surface area contributed by atoms with E-state index in [2.05, 4.69) is 30.7 Å². The Kier molecular flexibility index (Phi) is 3.21. The maximum Gasteiger partial charge on any atom is 0.125 e. The molecule has 0 aromatic carbocycles. The van der Waals surface area contributed by atoms with Crippen LogP contribution in [0.5, 0.6) is 0 Å². The molecule has 0 spiro atoms. The fourth-order valence-corrected chi connectivity index (χ4v) is 2.69. The summed E-state index contributed by atoms with van der Waals surface area (Å²) >= 11 is 0. The van der Waals surface area contributed by atoms with Crippen molar-refractivity contribution in [2.75, 3.05) is 0 Å². The van der Waals surface area contributed by atoms with Crippen LogP contribution in [-0.4, -0.2) is 9.97 Å². The number of rotatable bonds is 3. The van der Waals surface area contributed by atoms with Crippen LogP contribution in [0.15, 0.2) is 0 Å². The van der Waals surface area contributed by atoms with Crippen molar-refractivity contribution < 1.29 is 4.74 Å². The lowest BCUT2D eigenvalue weighted by Crippen LogP contribution is -2.31. The van der Waals surface area contributed by atoms with Gasteiger partial charge in [-0.15, -0.1) is 0 Å². The average molecular weight is 234 g/mol. The molecule has 2 rings (SSSR count). The molecule has 0 saturated carbocycles. The van der Waals surface area contributed by atoms with Gasteiger partial charge in [-0.25, -0.2) is 9.97 Å². The van der Waals surface area contributed by atoms with E-state index in [0.29, 0.717) is 12.5 Å². The third-order valence-electron chi connectivity index (χ3n) is 3.97. The second-order valence-electron chi connectivity index (χ2n) is 5.27. The minimum Gasteiger partial charge on any atom is -0.364 e. The van der Waals surface area contributed by atoms with Crippen molar-refractivity contribution in [3.8, 4) is 0 Å². The zero-order chi connectivity index (χ0) is 12.6. The van der Waals surface area contributed by atoms with Crippen LogP contribution in [0.1, 0.15) is 56.4 Å². The van der Waals surface area contributed by atoms with Crippen LogP contribution in [0.4, 0.5) is 0 Å². The van der Waals surface area contributed by atoms with Crippen LogP contribution < -0.4 is 0 Å². The smallest absolute Gasteiger partial charge is 0.125 e. The number of hydrogen-bond donors (Lipinski definition) is 0. The van der Waals surface area contributed by atoms with Crippen LogP contribution in [0.3, 0.4) is 0 Å². The second-order valence-corrected chi connectivity index (χ2v) is 5.27. The minimum absolute atomic E-state index is 0.232. The Morgan fingerprint density at radius 3 is 2.71 bits per heavy atom. The van der Waals surface area contributed by atoms with Gasteiger partial charge in [0.1, 0.15) is 11.4 Å². The van der Waals surface area contributed by atoms with E-state index < -0.39 is 0 Å². The zero-order valence-electron chi connectivity index (χ0n) is 11.5. The van der Waals surface area contributed by atoms with E-state index in [1.807, 2.05) is 13.8 Å². The van der Waals surface area contributed by atoms with Crippen LogP contribution in [-0.2, 0) is 16.9 Å². The molecule has 0 amide bonds. The lowest BCUT2D eigenvalue weighted by molar-refractivity contribution is -0.0675. The molecule has 17 heavy (non-hydrogen) atoms. The molecule has 0 bridgehead atoms. The summed E-state index contributed by atoms with van der Waals surface area (Å²) in [4.78, 5) is 9.06. The molecule has 2 unspecified atom stereocenters. The highest BCUT2D eigenvalue weighted by atomic mass is 16.5. The molecular formula is C14H22N2O. The molecule has 0 fully saturated rings. The van der Waals surface area contributed by atoms with E-state index in [1.165, 1.54) is 12.0 Å². The van der Waals surface area contributed by atoms with Crippen LogP contribution in [0, 0.1) is 19.8 Å². The number of hydrogen-bond acceptors (Lipinski definition) is 3. The Morgan fingerprint density at radius 1 is 1.35 bits per heavy atom. The third-order valence-corrected chi connectivity index (χ3v) is 3.97. The maximum absolute atomic E-state index is 6.06. The van der Waals surface area contributed by atoms with Crippen LogP contribution in [0.25, 0.3) is 0 Å². The van der Waals surface area contributed by atoms with Gasteiger partial charge in [0.2, 0.25) is 0 Å². The van der Waals surface area contributed by atoms with E-state index in [0.717, 1.165) is 23.6 Å². The molecule has 94 valence electrons. The number of fused-ring (bicyclic) bond motifs is 1. The van der Waals surface area contributed by atoms with Crippen molar-refractivity contribution in [2.45, 2.75) is 59.7 Å². The minimum atomic E-state index is -0.232. The van der Waals surface area contributed by atoms with E-state index in [9.17, 15) is 0 Å². The highest BCUT2D eigenvalue weighted by Crippen LogP contribution is 2.42. The van der Waals surface area contributed by atoms with Crippen molar-refractivity contribution in [3.05, 3.63) is 22.8 Å². The second kappa shape index (κ2) is 4.37. The predicted molar refractivity (Wildman–Crippen MR) is 67.7 cm³/mol. The SMILES string of the molecule is CCCC(C)C1(C)OCc2c(C)nc(C)nc21. The molecule has 1 aliphatic heterocycles. The highest BCUT2D eigenvalue weighted by molar-refractivity contribution is 5.32. The van der Waals surface area contributed by atoms with E-state index >= 15 is 0 Å². The fraction of sp³-hybridized carbons (Fsp3) is 0.714. The number of aryl methyl sites for hydroxylation is 2. The van der Waals surface area contributed by atoms with Gasteiger partial charge in [-0.3, -0.25) is 0 Å². The first-order valence-corrected chi connectivity index (χ1v) is 6.47. The van der Waals surface area contributed by atoms with E-state index in [-0.39, 0.29) is 5.60 Å². The average Bonchev–Trinajstić information content (AvgIpc) is 2.59. The van der Waals surface area contributed by atoms with Gasteiger partial charge >= 0.3 is 0 Å². The van der Waals surface area contributed by atoms with Crippen molar-refractivity contribution in [1.82, 2.24) is 9.97 Å². The summed E-state index contributed by atoms with van der Waals surface area (Å²) in [6.45, 7) is 11.3. The molecule has 2 heterocycles. The highest BCUT2D eigenvalue weighted by Gasteiger charge is 2.42. The number of nitrogens with zero attached hydrogens (tertiary/aromatic N) is 2. The summed E-state index contributed by atoms with van der Waals surface area (Å²) in [5.41, 5.74) is 3.15. The summed E-state index contributed by atoms with van der Waals surface area (Å²) in [6.07, 6.45) is 2.34. The van der Waals surface area contributed by atoms with Gasteiger partial charge < -0.3 is 4.74 Å². The zero-order valence-corrected chi connectivity index (χ0v) is 11.5. The van der Waals surface area contributed by atoms with Crippen LogP contribution >= 0.6 is 0 Å². The Bertz CT molecular complexity index is 430. The number of aromatic nitrogens is 2. The molecule has 3 nitrogen and oxygen atoms in total. The first kappa shape index (κ1) is 12.5. The summed E-state index contributed by atoms with van der Waals surface area (Å²) in [5.74, 6) is 1.34. The van der Waals surface area contributed by atoms with E-state index in [4.69, 9.17) is 4.74 Å². The molecule has 0 aliphatic carbocycles. The van der Waals surface area contributed by atoms with Gasteiger partial charge in [-0.05, 0) is 33.1 Å². The molecule has 0 saturated heterocycles. The molecule has 0 N–H and O–H groups in total. The quantitative estimate of drug-likeness (QED) is 0.805. The standard InChI is InChI=1S/C14H22N2O/c1-6-7-9(2)14(5)13-12(8-17-14)10(3)15-11(4)16-13/h9H,6-8H2,1-5H3. The van der Waals surface area contributed by atoms with Gasteiger partial charge in [-0.1, -0.05) is 20.3 Å². The Morgan fingerprint density at radius 2 is 2.06 bits per heavy atom. The van der Waals surface area contributed by atoms with Crippen molar-refractivity contribution in [2.24, 2.45) is 5.92 Å². The first-order chi connectivity index (χ1) is 7.99. The van der Waals surface area contributed by atoms with Gasteiger partial charge in [0.15, 0.2) is 0 Å². The summed E-state index contributed by atoms with van der Waals surface area (Å²) in [7, 11) is 0. The third kappa shape index (κ3) is 1.97. The fourth-order valence-electron chi connectivity index (χ4n) is 2.69. The molecule has 1 aliphatic rings. The largest absolute Gasteiger partial charge is 0.364 e. The van der Waals surface area contributed by atoms with E-state index in [1.54, 1.807) is 0 Å². The molecule has 1 aromatic heterocycles. The summed E-state index contributed by atoms with van der Waals surface area (Å²) in [5, 5.41) is 0. The summed E-state index contributed by atoms with van der Waals surface area (Å²) < 4.78 is 6.06.